The molecule has 0 saturated carbocycles. The molecule has 2 heterocycles. The molecule has 1 unspecified atom stereocenters. The highest BCUT2D eigenvalue weighted by atomic mass is 35.5. The van der Waals surface area contributed by atoms with Gasteiger partial charge in [-0.25, -0.2) is 8.42 Å². The molecule has 4 nitrogen and oxygen atoms in total. The maximum Gasteiger partial charge on any atom is 0.179 e. The Hall–Kier alpha value is -2.08. The van der Waals surface area contributed by atoms with Gasteiger partial charge in [-0.3, -0.25) is 4.90 Å². The lowest BCUT2D eigenvalue weighted by Gasteiger charge is -2.37. The summed E-state index contributed by atoms with van der Waals surface area (Å²) in [5.41, 5.74) is 2.39. The van der Waals surface area contributed by atoms with Crippen LogP contribution in [0.5, 0.6) is 0 Å². The van der Waals surface area contributed by atoms with Gasteiger partial charge < -0.3 is 4.57 Å². The van der Waals surface area contributed by atoms with E-state index in [0.717, 1.165) is 13.1 Å². The molecule has 1 atom stereocenters. The minimum absolute atomic E-state index is 0.0652. The van der Waals surface area contributed by atoms with Gasteiger partial charge in [0.2, 0.25) is 0 Å². The van der Waals surface area contributed by atoms with Crippen LogP contribution in [0.2, 0.25) is 5.02 Å². The molecule has 0 spiro atoms. The Morgan fingerprint density at radius 3 is 2.41 bits per heavy atom. The van der Waals surface area contributed by atoms with E-state index in [9.17, 15) is 8.42 Å². The standard InChI is InChI=1S/C21H21ClN2O2S/c22-18-8-10-19(11-9-18)27(25,26)16-15-24-14-13-23-12-4-7-20(23)21(24)17-5-2-1-3-6-17/h1-12,21H,13-16H2. The Bertz CT molecular complexity index is 1010. The number of fused-ring (bicyclic) bond motifs is 1. The van der Waals surface area contributed by atoms with Crippen LogP contribution in [0, 0.1) is 0 Å². The number of hydrogen-bond donors (Lipinski definition) is 0. The Kier molecular flexibility index (Phi) is 5.08. The van der Waals surface area contributed by atoms with Gasteiger partial charge in [0.15, 0.2) is 9.84 Å². The Morgan fingerprint density at radius 1 is 0.926 bits per heavy atom. The van der Waals surface area contributed by atoms with Gasteiger partial charge in [0.05, 0.1) is 16.7 Å². The molecule has 0 N–H and O–H groups in total. The van der Waals surface area contributed by atoms with Crippen LogP contribution >= 0.6 is 11.6 Å². The number of aromatic nitrogens is 1. The summed E-state index contributed by atoms with van der Waals surface area (Å²) in [5.74, 6) is 0.0820. The third-order valence-corrected chi connectivity index (χ3v) is 7.04. The Labute approximate surface area is 164 Å². The molecule has 0 amide bonds. The summed E-state index contributed by atoms with van der Waals surface area (Å²) >= 11 is 5.88. The number of hydrogen-bond acceptors (Lipinski definition) is 3. The van der Waals surface area contributed by atoms with E-state index in [-0.39, 0.29) is 11.8 Å². The van der Waals surface area contributed by atoms with Gasteiger partial charge in [-0.05, 0) is 42.0 Å². The fraction of sp³-hybridized carbons (Fsp3) is 0.238. The van der Waals surface area contributed by atoms with Gasteiger partial charge in [-0.1, -0.05) is 41.9 Å². The van der Waals surface area contributed by atoms with Crippen LogP contribution in [0.3, 0.4) is 0 Å². The van der Waals surface area contributed by atoms with Crippen molar-refractivity contribution in [3.05, 3.63) is 89.2 Å². The van der Waals surface area contributed by atoms with Gasteiger partial charge >= 0.3 is 0 Å². The summed E-state index contributed by atoms with van der Waals surface area (Å²) in [4.78, 5) is 2.58. The fourth-order valence-corrected chi connectivity index (χ4v) is 5.07. The molecule has 6 heteroatoms. The van der Waals surface area contributed by atoms with E-state index in [2.05, 4.69) is 39.9 Å². The zero-order valence-corrected chi connectivity index (χ0v) is 16.4. The molecule has 1 aromatic heterocycles. The van der Waals surface area contributed by atoms with E-state index >= 15 is 0 Å². The second-order valence-corrected chi connectivity index (χ2v) is 9.29. The monoisotopic (exact) mass is 400 g/mol. The first-order valence-corrected chi connectivity index (χ1v) is 11.0. The van der Waals surface area contributed by atoms with Crippen molar-refractivity contribution < 1.29 is 8.42 Å². The average Bonchev–Trinajstić information content (AvgIpc) is 3.16. The van der Waals surface area contributed by atoms with Crippen LogP contribution in [0.25, 0.3) is 0 Å². The second kappa shape index (κ2) is 7.50. The molecule has 0 aliphatic carbocycles. The molecule has 0 radical (unpaired) electrons. The van der Waals surface area contributed by atoms with Crippen LogP contribution in [-0.2, 0) is 16.4 Å². The third kappa shape index (κ3) is 3.81. The molecule has 3 aromatic rings. The lowest BCUT2D eigenvalue weighted by Crippen LogP contribution is -2.40. The molecular weight excluding hydrogens is 380 g/mol. The van der Waals surface area contributed by atoms with E-state index in [4.69, 9.17) is 11.6 Å². The number of halogens is 1. The van der Waals surface area contributed by atoms with Crippen molar-refractivity contribution in [3.63, 3.8) is 0 Å². The van der Waals surface area contributed by atoms with E-state index in [1.807, 2.05) is 18.2 Å². The highest BCUT2D eigenvalue weighted by Crippen LogP contribution is 2.32. The summed E-state index contributed by atoms with van der Waals surface area (Å²) in [5, 5.41) is 0.537. The van der Waals surface area contributed by atoms with Gasteiger partial charge in [-0.15, -0.1) is 0 Å². The van der Waals surface area contributed by atoms with Crippen molar-refractivity contribution in [2.45, 2.75) is 17.5 Å². The van der Waals surface area contributed by atoms with Gasteiger partial charge in [0.1, 0.15) is 0 Å². The molecule has 1 aliphatic rings. The van der Waals surface area contributed by atoms with E-state index in [1.165, 1.54) is 11.3 Å². The van der Waals surface area contributed by atoms with Crippen LogP contribution in [-0.4, -0.2) is 36.7 Å². The molecule has 1 aliphatic heterocycles. The van der Waals surface area contributed by atoms with Crippen LogP contribution in [0.15, 0.2) is 77.8 Å². The van der Waals surface area contributed by atoms with Crippen molar-refractivity contribution in [1.82, 2.24) is 9.47 Å². The predicted octanol–water partition coefficient (Wildman–Crippen LogP) is 4.02. The summed E-state index contributed by atoms with van der Waals surface area (Å²) in [7, 11) is -3.35. The van der Waals surface area contributed by atoms with Gasteiger partial charge in [-0.2, -0.15) is 0 Å². The molecule has 0 bridgehead atoms. The molecule has 0 fully saturated rings. The SMILES string of the molecule is O=S(=O)(CCN1CCn2cccc2C1c1ccccc1)c1ccc(Cl)cc1. The highest BCUT2D eigenvalue weighted by Gasteiger charge is 2.29. The van der Waals surface area contributed by atoms with Crippen LogP contribution in [0.4, 0.5) is 0 Å². The minimum atomic E-state index is -3.35. The topological polar surface area (TPSA) is 42.3 Å². The smallest absolute Gasteiger partial charge is 0.179 e. The largest absolute Gasteiger partial charge is 0.348 e. The van der Waals surface area contributed by atoms with Crippen molar-refractivity contribution in [2.24, 2.45) is 0 Å². The quantitative estimate of drug-likeness (QED) is 0.649. The zero-order valence-electron chi connectivity index (χ0n) is 14.8. The Balaban J connectivity index is 1.58. The maximum absolute atomic E-state index is 12.7. The first-order chi connectivity index (χ1) is 13.0. The lowest BCUT2D eigenvalue weighted by molar-refractivity contribution is 0.194. The second-order valence-electron chi connectivity index (χ2n) is 6.75. The predicted molar refractivity (Wildman–Crippen MR) is 108 cm³/mol. The Morgan fingerprint density at radius 2 is 1.67 bits per heavy atom. The fourth-order valence-electron chi connectivity index (χ4n) is 3.69. The van der Waals surface area contributed by atoms with Crippen LogP contribution in [0.1, 0.15) is 17.3 Å². The van der Waals surface area contributed by atoms with Gasteiger partial charge in [0, 0.05) is 36.5 Å². The maximum atomic E-state index is 12.7. The third-order valence-electron chi connectivity index (χ3n) is 5.07. The number of benzene rings is 2. The minimum Gasteiger partial charge on any atom is -0.348 e. The molecule has 140 valence electrons. The lowest BCUT2D eigenvalue weighted by atomic mass is 10.0. The number of sulfone groups is 1. The summed E-state index contributed by atoms with van der Waals surface area (Å²) < 4.78 is 27.8. The molecule has 4 rings (SSSR count). The summed E-state index contributed by atoms with van der Waals surface area (Å²) in [6.07, 6.45) is 2.09. The summed E-state index contributed by atoms with van der Waals surface area (Å²) in [6.45, 7) is 2.17. The normalized spacial score (nSPS) is 17.6. The average molecular weight is 401 g/mol. The van der Waals surface area contributed by atoms with Crippen molar-refractivity contribution in [3.8, 4) is 0 Å². The van der Waals surface area contributed by atoms with E-state index in [0.29, 0.717) is 16.5 Å². The molecular formula is C21H21ClN2O2S. The first-order valence-electron chi connectivity index (χ1n) is 8.97. The van der Waals surface area contributed by atoms with Crippen molar-refractivity contribution in [1.29, 1.82) is 0 Å². The first kappa shape index (κ1) is 18.3. The highest BCUT2D eigenvalue weighted by molar-refractivity contribution is 7.91. The molecule has 2 aromatic carbocycles. The summed E-state index contributed by atoms with van der Waals surface area (Å²) in [6, 6.07) is 20.9. The molecule has 0 saturated heterocycles. The number of nitrogens with zero attached hydrogens (tertiary/aromatic N) is 2. The van der Waals surface area contributed by atoms with E-state index < -0.39 is 9.84 Å². The molecule has 27 heavy (non-hydrogen) atoms. The van der Waals surface area contributed by atoms with E-state index in [1.54, 1.807) is 24.3 Å². The number of rotatable bonds is 5. The van der Waals surface area contributed by atoms with Crippen LogP contribution < -0.4 is 0 Å². The van der Waals surface area contributed by atoms with Crippen molar-refractivity contribution >= 4 is 21.4 Å². The van der Waals surface area contributed by atoms with Crippen molar-refractivity contribution in [2.75, 3.05) is 18.8 Å². The van der Waals surface area contributed by atoms with Gasteiger partial charge in [0.25, 0.3) is 0 Å². The zero-order chi connectivity index (χ0) is 18.9.